The average Bonchev–Trinajstić information content (AvgIpc) is 2.83. The van der Waals surface area contributed by atoms with Crippen molar-refractivity contribution in [3.63, 3.8) is 0 Å². The molecule has 0 saturated heterocycles. The van der Waals surface area contributed by atoms with Gasteiger partial charge in [0.2, 0.25) is 0 Å². The Hall–Kier alpha value is -2.82. The summed E-state index contributed by atoms with van der Waals surface area (Å²) in [4.78, 5) is 24.6. The minimum absolute atomic E-state index is 0.114. The molecule has 0 spiro atoms. The predicted molar refractivity (Wildman–Crippen MR) is 149 cm³/mol. The van der Waals surface area contributed by atoms with Gasteiger partial charge in [-0.2, -0.15) is 0 Å². The van der Waals surface area contributed by atoms with Crippen LogP contribution in [-0.4, -0.2) is 24.1 Å². The number of hydrogen-bond donors (Lipinski definition) is 2. The number of benzene rings is 2. The van der Waals surface area contributed by atoms with Crippen LogP contribution in [0.1, 0.15) is 99.7 Å². The molecule has 1 amide bonds. The van der Waals surface area contributed by atoms with Gasteiger partial charge in [0.25, 0.3) is 5.91 Å². The second-order valence-corrected chi connectivity index (χ2v) is 13.8. The Morgan fingerprint density at radius 2 is 1.50 bits per heavy atom. The van der Waals surface area contributed by atoms with Gasteiger partial charge in [-0.15, -0.1) is 0 Å². The van der Waals surface area contributed by atoms with Crippen molar-refractivity contribution in [1.82, 2.24) is 5.32 Å². The van der Waals surface area contributed by atoms with Gasteiger partial charge >= 0.3 is 5.97 Å². The molecule has 1 unspecified atom stereocenters. The third-order valence-corrected chi connectivity index (χ3v) is 9.72. The number of methoxy groups -OCH3 is 1. The van der Waals surface area contributed by atoms with E-state index in [2.05, 4.69) is 38.2 Å². The largest absolute Gasteiger partial charge is 0.496 e. The summed E-state index contributed by atoms with van der Waals surface area (Å²) in [7, 11) is 1.61. The van der Waals surface area contributed by atoms with Crippen molar-refractivity contribution in [3.8, 4) is 5.75 Å². The zero-order valence-corrected chi connectivity index (χ0v) is 23.7. The summed E-state index contributed by atoms with van der Waals surface area (Å²) in [5.74, 6) is -0.638. The molecule has 1 atom stereocenters. The molecule has 5 heteroatoms. The Balaban J connectivity index is 1.29. The summed E-state index contributed by atoms with van der Waals surface area (Å²) in [5, 5.41) is 12.5. The number of rotatable bonds is 9. The number of ether oxygens (including phenoxy) is 1. The molecule has 4 fully saturated rings. The van der Waals surface area contributed by atoms with Gasteiger partial charge in [0.1, 0.15) is 5.75 Å². The highest BCUT2D eigenvalue weighted by atomic mass is 16.5. The Morgan fingerprint density at radius 1 is 0.921 bits per heavy atom. The maximum atomic E-state index is 13.1. The second kappa shape index (κ2) is 9.43. The van der Waals surface area contributed by atoms with Crippen molar-refractivity contribution >= 4 is 11.9 Å². The van der Waals surface area contributed by atoms with E-state index in [9.17, 15) is 14.7 Å². The molecule has 4 aliphatic carbocycles. The van der Waals surface area contributed by atoms with E-state index in [1.165, 1.54) is 44.1 Å². The van der Waals surface area contributed by atoms with Crippen LogP contribution in [0, 0.1) is 22.2 Å². The maximum absolute atomic E-state index is 13.1. The highest BCUT2D eigenvalue weighted by molar-refractivity contribution is 5.94. The third-order valence-electron chi connectivity index (χ3n) is 9.72. The summed E-state index contributed by atoms with van der Waals surface area (Å²) in [6.07, 6.45) is 8.84. The molecular weight excluding hydrogens is 474 g/mol. The molecule has 204 valence electrons. The van der Waals surface area contributed by atoms with Gasteiger partial charge in [-0.3, -0.25) is 9.59 Å². The van der Waals surface area contributed by atoms with Crippen molar-refractivity contribution in [2.24, 2.45) is 22.2 Å². The van der Waals surface area contributed by atoms with Gasteiger partial charge in [-0.1, -0.05) is 52.0 Å². The fraction of sp³-hybridized carbons (Fsp3) is 0.576. The van der Waals surface area contributed by atoms with Gasteiger partial charge in [0, 0.05) is 17.7 Å². The van der Waals surface area contributed by atoms with Crippen molar-refractivity contribution in [2.45, 2.75) is 91.0 Å². The van der Waals surface area contributed by atoms with Crippen LogP contribution >= 0.6 is 0 Å². The molecule has 0 heterocycles. The van der Waals surface area contributed by atoms with Crippen LogP contribution in [0.15, 0.2) is 42.5 Å². The smallest absolute Gasteiger partial charge is 0.306 e. The van der Waals surface area contributed by atoms with Crippen LogP contribution < -0.4 is 10.1 Å². The fourth-order valence-electron chi connectivity index (χ4n) is 9.64. The van der Waals surface area contributed by atoms with E-state index in [0.717, 1.165) is 11.1 Å². The second-order valence-electron chi connectivity index (χ2n) is 13.8. The molecule has 4 bridgehead atoms. The zero-order valence-electron chi connectivity index (χ0n) is 23.7. The van der Waals surface area contributed by atoms with E-state index in [1.54, 1.807) is 7.11 Å². The number of carboxylic acid groups (broad SMARTS) is 1. The third kappa shape index (κ3) is 4.97. The molecule has 0 radical (unpaired) electrons. The number of carbonyl (C=O) groups excluding carboxylic acids is 1. The summed E-state index contributed by atoms with van der Waals surface area (Å²) in [6, 6.07) is 14.1. The summed E-state index contributed by atoms with van der Waals surface area (Å²) >= 11 is 0. The molecule has 4 saturated carbocycles. The van der Waals surface area contributed by atoms with Crippen LogP contribution in [0.3, 0.4) is 0 Å². The molecule has 0 aliphatic heterocycles. The van der Waals surface area contributed by atoms with Crippen LogP contribution in [0.25, 0.3) is 0 Å². The highest BCUT2D eigenvalue weighted by Crippen LogP contribution is 2.73. The number of hydrogen-bond acceptors (Lipinski definition) is 3. The monoisotopic (exact) mass is 517 g/mol. The molecule has 5 nitrogen and oxygen atoms in total. The van der Waals surface area contributed by atoms with E-state index in [-0.39, 0.29) is 11.3 Å². The van der Waals surface area contributed by atoms with E-state index in [0.29, 0.717) is 46.9 Å². The molecular formula is C33H43NO4. The van der Waals surface area contributed by atoms with Crippen LogP contribution in [0.5, 0.6) is 5.75 Å². The minimum Gasteiger partial charge on any atom is -0.496 e. The van der Waals surface area contributed by atoms with Crippen molar-refractivity contribution < 1.29 is 19.4 Å². The molecule has 2 N–H and O–H groups in total. The number of carbonyl (C=O) groups is 2. The molecule has 2 aromatic carbocycles. The quantitative estimate of drug-likeness (QED) is 0.379. The van der Waals surface area contributed by atoms with Crippen molar-refractivity contribution in [1.29, 1.82) is 0 Å². The Kier molecular flexibility index (Phi) is 6.64. The lowest BCUT2D eigenvalue weighted by Gasteiger charge is -2.69. The minimum atomic E-state index is -0.785. The molecule has 38 heavy (non-hydrogen) atoms. The first-order valence-electron chi connectivity index (χ1n) is 14.2. The Morgan fingerprint density at radius 3 is 2.00 bits per heavy atom. The summed E-state index contributed by atoms with van der Waals surface area (Å²) in [6.45, 7) is 9.72. The normalized spacial score (nSPS) is 32.1. The molecule has 2 aromatic rings. The predicted octanol–water partition coefficient (Wildman–Crippen LogP) is 6.92. The standard InChI is InChI=1S/C33H43NO4/c1-6-23(29(36)37)13-22-7-12-27(38-5)25(14-22)15-34-28(35)24-8-10-26(11-9-24)33-19-30(2)16-31(3,20-33)18-32(4,17-30)21-33/h7-12,14,23H,6,13,15-21H2,1-5H3,(H,34,35)(H,36,37). The van der Waals surface area contributed by atoms with Crippen molar-refractivity contribution in [3.05, 3.63) is 64.7 Å². The number of aliphatic carboxylic acids is 1. The van der Waals surface area contributed by atoms with Gasteiger partial charge in [0.05, 0.1) is 13.0 Å². The molecule has 0 aromatic heterocycles. The first-order chi connectivity index (χ1) is 17.9. The van der Waals surface area contributed by atoms with E-state index < -0.39 is 11.9 Å². The van der Waals surface area contributed by atoms with Crippen LogP contribution in [-0.2, 0) is 23.2 Å². The lowest BCUT2D eigenvalue weighted by Crippen LogP contribution is -2.60. The number of nitrogens with one attached hydrogen (secondary N) is 1. The summed E-state index contributed by atoms with van der Waals surface area (Å²) < 4.78 is 5.51. The van der Waals surface area contributed by atoms with E-state index in [4.69, 9.17) is 4.74 Å². The number of amides is 1. The zero-order chi connectivity index (χ0) is 27.3. The molecule has 6 rings (SSSR count). The first kappa shape index (κ1) is 26.8. The van der Waals surface area contributed by atoms with Gasteiger partial charge < -0.3 is 15.2 Å². The lowest BCUT2D eigenvalue weighted by atomic mass is 9.35. The van der Waals surface area contributed by atoms with Crippen LogP contribution in [0.4, 0.5) is 0 Å². The fourth-order valence-corrected chi connectivity index (χ4v) is 9.64. The number of carboxylic acids is 1. The maximum Gasteiger partial charge on any atom is 0.306 e. The van der Waals surface area contributed by atoms with Crippen LogP contribution in [0.2, 0.25) is 0 Å². The van der Waals surface area contributed by atoms with E-state index in [1.807, 2.05) is 37.3 Å². The first-order valence-corrected chi connectivity index (χ1v) is 14.2. The Bertz CT molecular complexity index is 1180. The van der Waals surface area contributed by atoms with Gasteiger partial charge in [0.15, 0.2) is 0 Å². The van der Waals surface area contributed by atoms with E-state index >= 15 is 0 Å². The Labute approximate surface area is 227 Å². The lowest BCUT2D eigenvalue weighted by molar-refractivity contribution is -0.152. The van der Waals surface area contributed by atoms with Crippen molar-refractivity contribution in [2.75, 3.05) is 7.11 Å². The average molecular weight is 518 g/mol. The topological polar surface area (TPSA) is 75.6 Å². The molecule has 4 aliphatic rings. The van der Waals surface area contributed by atoms with Gasteiger partial charge in [-0.05, 0) is 102 Å². The SMILES string of the molecule is CCC(Cc1ccc(OC)c(CNC(=O)c2ccc(C34CC5(C)CC(C)(CC(C)(C5)C3)C4)cc2)c1)C(=O)O. The highest BCUT2D eigenvalue weighted by Gasteiger charge is 2.64. The summed E-state index contributed by atoms with van der Waals surface area (Å²) in [5.41, 5.74) is 5.32. The van der Waals surface area contributed by atoms with Gasteiger partial charge in [-0.25, -0.2) is 0 Å².